The van der Waals surface area contributed by atoms with E-state index in [4.69, 9.17) is 5.11 Å². The summed E-state index contributed by atoms with van der Waals surface area (Å²) in [5, 5.41) is 20.8. The van der Waals surface area contributed by atoms with Gasteiger partial charge in [-0.3, -0.25) is 9.59 Å². The number of carbonyl (C=O) groups is 3. The van der Waals surface area contributed by atoms with Crippen LogP contribution in [-0.2, 0) is 14.4 Å². The van der Waals surface area contributed by atoms with E-state index in [9.17, 15) is 19.5 Å². The van der Waals surface area contributed by atoms with Crippen molar-refractivity contribution in [3.63, 3.8) is 0 Å². The zero-order chi connectivity index (χ0) is 17.1. The molecule has 0 aliphatic carbocycles. The third-order valence-electron chi connectivity index (χ3n) is 3.25. The predicted molar refractivity (Wildman–Crippen MR) is 83.3 cm³/mol. The highest BCUT2D eigenvalue weighted by Crippen LogP contribution is 2.26. The van der Waals surface area contributed by atoms with Crippen LogP contribution in [0.5, 0.6) is 0 Å². The summed E-state index contributed by atoms with van der Waals surface area (Å²) < 4.78 is 0. The van der Waals surface area contributed by atoms with Crippen LogP contribution < -0.4 is 5.32 Å². The van der Waals surface area contributed by atoms with E-state index in [1.807, 2.05) is 20.8 Å². The average Bonchev–Trinajstić information content (AvgIpc) is 2.83. The van der Waals surface area contributed by atoms with Crippen LogP contribution in [0.1, 0.15) is 34.1 Å². The molecule has 0 aromatic rings. The summed E-state index contributed by atoms with van der Waals surface area (Å²) in [6.07, 6.45) is 0.337. The predicted octanol–water partition coefficient (Wildman–Crippen LogP) is 0.276. The number of aliphatic hydroxyl groups is 1. The summed E-state index contributed by atoms with van der Waals surface area (Å²) in [7, 11) is 0. The van der Waals surface area contributed by atoms with Crippen molar-refractivity contribution >= 4 is 29.5 Å². The SMILES string of the molecule is CC(C)(C)CC(=O)N1CSCC1C(=O)NCC(C)(O)C(=O)O. The number of carbonyl (C=O) groups excluding carboxylic acids is 2. The van der Waals surface area contributed by atoms with Gasteiger partial charge in [-0.05, 0) is 12.3 Å². The summed E-state index contributed by atoms with van der Waals surface area (Å²) in [5.74, 6) is -1.02. The number of rotatable bonds is 5. The summed E-state index contributed by atoms with van der Waals surface area (Å²) in [5.41, 5.74) is -2.19. The lowest BCUT2D eigenvalue weighted by molar-refractivity contribution is -0.156. The Balaban J connectivity index is 2.64. The maximum absolute atomic E-state index is 12.3. The molecule has 22 heavy (non-hydrogen) atoms. The minimum absolute atomic E-state index is 0.0948. The number of nitrogens with one attached hydrogen (secondary N) is 1. The summed E-state index contributed by atoms with van der Waals surface area (Å²) in [6.45, 7) is 6.57. The number of carboxylic acid groups (broad SMARTS) is 1. The van der Waals surface area contributed by atoms with Crippen LogP contribution in [0.25, 0.3) is 0 Å². The number of carboxylic acids is 1. The highest BCUT2D eigenvalue weighted by atomic mass is 32.2. The van der Waals surface area contributed by atoms with Crippen molar-refractivity contribution in [1.29, 1.82) is 0 Å². The lowest BCUT2D eigenvalue weighted by atomic mass is 9.91. The van der Waals surface area contributed by atoms with Crippen LogP contribution in [0, 0.1) is 5.41 Å². The van der Waals surface area contributed by atoms with Gasteiger partial charge in [0.05, 0.1) is 12.4 Å². The molecule has 0 radical (unpaired) electrons. The Bertz CT molecular complexity index is 459. The highest BCUT2D eigenvalue weighted by Gasteiger charge is 2.37. The van der Waals surface area contributed by atoms with Crippen LogP contribution in [-0.4, -0.2) is 62.7 Å². The number of amides is 2. The number of nitrogens with zero attached hydrogens (tertiary/aromatic N) is 1. The van der Waals surface area contributed by atoms with Gasteiger partial charge >= 0.3 is 5.97 Å². The van der Waals surface area contributed by atoms with Gasteiger partial charge in [-0.15, -0.1) is 11.8 Å². The van der Waals surface area contributed by atoms with Crippen LogP contribution in [0.15, 0.2) is 0 Å². The van der Waals surface area contributed by atoms with Crippen molar-refractivity contribution in [2.75, 3.05) is 18.2 Å². The molecule has 0 aromatic carbocycles. The monoisotopic (exact) mass is 332 g/mol. The maximum Gasteiger partial charge on any atom is 0.337 e. The second-order valence-corrected chi connectivity index (χ2v) is 7.91. The first-order valence-electron chi connectivity index (χ1n) is 7.05. The molecule has 7 nitrogen and oxygen atoms in total. The molecule has 1 aliphatic heterocycles. The van der Waals surface area contributed by atoms with Crippen molar-refractivity contribution in [1.82, 2.24) is 10.2 Å². The fraction of sp³-hybridized carbons (Fsp3) is 0.786. The van der Waals surface area contributed by atoms with Crippen LogP contribution in [0.4, 0.5) is 0 Å². The Kier molecular flexibility index (Phi) is 5.86. The molecule has 0 spiro atoms. The molecular weight excluding hydrogens is 308 g/mol. The summed E-state index contributed by atoms with van der Waals surface area (Å²) in [4.78, 5) is 36.8. The second-order valence-electron chi connectivity index (χ2n) is 6.91. The molecule has 126 valence electrons. The number of thioether (sulfide) groups is 1. The van der Waals surface area contributed by atoms with Gasteiger partial charge in [-0.2, -0.15) is 0 Å². The van der Waals surface area contributed by atoms with Gasteiger partial charge in [0.1, 0.15) is 6.04 Å². The van der Waals surface area contributed by atoms with Gasteiger partial charge in [-0.25, -0.2) is 4.79 Å². The third kappa shape index (κ3) is 5.17. The van der Waals surface area contributed by atoms with Gasteiger partial charge in [-0.1, -0.05) is 20.8 Å². The molecule has 0 aromatic heterocycles. The molecule has 1 rings (SSSR count). The Labute approximate surface area is 134 Å². The number of hydrogen-bond donors (Lipinski definition) is 3. The molecule has 1 heterocycles. The quantitative estimate of drug-likeness (QED) is 0.667. The molecule has 2 atom stereocenters. The Hall–Kier alpha value is -1.28. The summed E-state index contributed by atoms with van der Waals surface area (Å²) in [6, 6.07) is -0.621. The molecule has 3 N–H and O–H groups in total. The van der Waals surface area contributed by atoms with Crippen molar-refractivity contribution in [3.8, 4) is 0 Å². The molecule has 1 aliphatic rings. The van der Waals surface area contributed by atoms with Gasteiger partial charge < -0.3 is 20.4 Å². The topological polar surface area (TPSA) is 107 Å². The fourth-order valence-electron chi connectivity index (χ4n) is 1.91. The normalized spacial score (nSPS) is 21.3. The first kappa shape index (κ1) is 18.8. The van der Waals surface area contributed by atoms with Crippen LogP contribution in [0.3, 0.4) is 0 Å². The van der Waals surface area contributed by atoms with E-state index in [1.165, 1.54) is 16.7 Å². The fourth-order valence-corrected chi connectivity index (χ4v) is 3.09. The maximum atomic E-state index is 12.3. The smallest absolute Gasteiger partial charge is 0.337 e. The average molecular weight is 332 g/mol. The second kappa shape index (κ2) is 6.87. The van der Waals surface area contributed by atoms with Gasteiger partial charge in [0.25, 0.3) is 0 Å². The standard InChI is InChI=1S/C14H24N2O5S/c1-13(2,3)5-10(17)16-8-22-6-9(16)11(18)15-7-14(4,21)12(19)20/h9,21H,5-8H2,1-4H3,(H,15,18)(H,19,20). The van der Waals surface area contributed by atoms with Crippen LogP contribution >= 0.6 is 11.8 Å². The molecular formula is C14H24N2O5S. The van der Waals surface area contributed by atoms with Gasteiger partial charge in [0, 0.05) is 12.2 Å². The first-order chi connectivity index (χ1) is 9.94. The minimum atomic E-state index is -2.03. The molecule has 1 saturated heterocycles. The minimum Gasteiger partial charge on any atom is -0.479 e. The van der Waals surface area contributed by atoms with Crippen molar-refractivity contribution in [3.05, 3.63) is 0 Å². The van der Waals surface area contributed by atoms with Crippen molar-refractivity contribution in [2.45, 2.75) is 45.8 Å². The molecule has 0 saturated carbocycles. The molecule has 0 bridgehead atoms. The van der Waals surface area contributed by atoms with E-state index >= 15 is 0 Å². The van der Waals surface area contributed by atoms with Crippen LogP contribution in [0.2, 0.25) is 0 Å². The van der Waals surface area contributed by atoms with Gasteiger partial charge in [0.2, 0.25) is 11.8 Å². The number of hydrogen-bond acceptors (Lipinski definition) is 5. The van der Waals surface area contributed by atoms with Gasteiger partial charge in [0.15, 0.2) is 5.60 Å². The van der Waals surface area contributed by atoms with E-state index in [1.54, 1.807) is 0 Å². The highest BCUT2D eigenvalue weighted by molar-refractivity contribution is 7.99. The Morgan fingerprint density at radius 2 is 1.86 bits per heavy atom. The van der Waals surface area contributed by atoms with Crippen molar-refractivity contribution in [2.24, 2.45) is 5.41 Å². The third-order valence-corrected chi connectivity index (χ3v) is 4.27. The van der Waals surface area contributed by atoms with Crippen molar-refractivity contribution < 1.29 is 24.6 Å². The largest absolute Gasteiger partial charge is 0.479 e. The molecule has 2 amide bonds. The zero-order valence-electron chi connectivity index (χ0n) is 13.4. The summed E-state index contributed by atoms with van der Waals surface area (Å²) >= 11 is 1.48. The van der Waals surface area contributed by atoms with E-state index in [0.29, 0.717) is 18.1 Å². The molecule has 2 unspecified atom stereocenters. The van der Waals surface area contributed by atoms with E-state index in [0.717, 1.165) is 6.92 Å². The van der Waals surface area contributed by atoms with E-state index in [2.05, 4.69) is 5.32 Å². The Morgan fingerprint density at radius 3 is 2.36 bits per heavy atom. The number of aliphatic carboxylic acids is 1. The molecule has 1 fully saturated rings. The molecule has 8 heteroatoms. The first-order valence-corrected chi connectivity index (χ1v) is 8.20. The Morgan fingerprint density at radius 1 is 1.27 bits per heavy atom. The van der Waals surface area contributed by atoms with E-state index < -0.39 is 30.1 Å². The lowest BCUT2D eigenvalue weighted by Crippen LogP contribution is -2.53. The lowest BCUT2D eigenvalue weighted by Gasteiger charge is -2.27. The van der Waals surface area contributed by atoms with E-state index in [-0.39, 0.29) is 11.3 Å². The zero-order valence-corrected chi connectivity index (χ0v) is 14.2.